The molecule has 3 N–H and O–H groups in total. The molecule has 0 radical (unpaired) electrons. The molecule has 0 saturated carbocycles. The summed E-state index contributed by atoms with van der Waals surface area (Å²) >= 11 is 0. The third kappa shape index (κ3) is 3.80. The molecular formula is C20H23FN2O3. The van der Waals surface area contributed by atoms with E-state index in [4.69, 9.17) is 4.74 Å². The van der Waals surface area contributed by atoms with Gasteiger partial charge in [-0.15, -0.1) is 0 Å². The van der Waals surface area contributed by atoms with Gasteiger partial charge in [0.15, 0.2) is 0 Å². The monoisotopic (exact) mass is 358 g/mol. The van der Waals surface area contributed by atoms with E-state index in [1.807, 2.05) is 20.8 Å². The molecule has 6 heteroatoms. The van der Waals surface area contributed by atoms with Gasteiger partial charge in [-0.25, -0.2) is 4.39 Å². The summed E-state index contributed by atoms with van der Waals surface area (Å²) in [6.07, 6.45) is 0. The molecule has 26 heavy (non-hydrogen) atoms. The van der Waals surface area contributed by atoms with Gasteiger partial charge >= 0.3 is 0 Å². The number of ether oxygens (including phenoxy) is 1. The topological polar surface area (TPSA) is 70.6 Å². The standard InChI is InChI=1S/C20H23FN2O3/c1-20(2,3)12-4-6-15(16(21)8-12)19(25)23-13-5-7-17-18(9-13)26-11-14(10-24)22-17/h4-9,14,22,24H,10-11H2,1-3H3,(H,23,25)/t14-/m1/s1. The summed E-state index contributed by atoms with van der Waals surface area (Å²) in [4.78, 5) is 12.4. The molecule has 0 aromatic heterocycles. The van der Waals surface area contributed by atoms with Crippen LogP contribution in [0.3, 0.4) is 0 Å². The highest BCUT2D eigenvalue weighted by Gasteiger charge is 2.20. The Morgan fingerprint density at radius 1 is 1.31 bits per heavy atom. The van der Waals surface area contributed by atoms with Crippen LogP contribution in [0.5, 0.6) is 5.75 Å². The molecule has 2 aromatic carbocycles. The second-order valence-corrected chi connectivity index (χ2v) is 7.44. The number of aliphatic hydroxyl groups is 1. The van der Waals surface area contributed by atoms with Gasteiger partial charge in [0.2, 0.25) is 0 Å². The number of halogens is 1. The van der Waals surface area contributed by atoms with Crippen molar-refractivity contribution >= 4 is 17.3 Å². The summed E-state index contributed by atoms with van der Waals surface area (Å²) in [5.74, 6) is -0.479. The molecule has 1 atom stereocenters. The van der Waals surface area contributed by atoms with E-state index < -0.39 is 11.7 Å². The first-order valence-corrected chi connectivity index (χ1v) is 8.53. The van der Waals surface area contributed by atoms with Gasteiger partial charge in [0.05, 0.1) is 23.9 Å². The second kappa shape index (κ2) is 6.96. The fraction of sp³-hybridized carbons (Fsp3) is 0.350. The van der Waals surface area contributed by atoms with Crippen molar-refractivity contribution in [3.8, 4) is 5.75 Å². The molecule has 0 spiro atoms. The lowest BCUT2D eigenvalue weighted by molar-refractivity contribution is 0.102. The molecule has 0 saturated heterocycles. The van der Waals surface area contributed by atoms with E-state index in [1.54, 1.807) is 24.3 Å². The van der Waals surface area contributed by atoms with Crippen molar-refractivity contribution in [3.63, 3.8) is 0 Å². The zero-order valence-corrected chi connectivity index (χ0v) is 15.1. The van der Waals surface area contributed by atoms with Crippen LogP contribution in [0.25, 0.3) is 0 Å². The normalized spacial score (nSPS) is 16.3. The fourth-order valence-corrected chi connectivity index (χ4v) is 2.75. The Hall–Kier alpha value is -2.60. The van der Waals surface area contributed by atoms with E-state index in [-0.39, 0.29) is 23.6 Å². The minimum Gasteiger partial charge on any atom is -0.489 e. The van der Waals surface area contributed by atoms with Crippen LogP contribution in [0.2, 0.25) is 0 Å². The summed E-state index contributed by atoms with van der Waals surface area (Å²) in [5, 5.41) is 15.0. The first-order chi connectivity index (χ1) is 12.3. The Kier molecular flexibility index (Phi) is 4.87. The summed E-state index contributed by atoms with van der Waals surface area (Å²) in [6, 6.07) is 9.66. The van der Waals surface area contributed by atoms with Crippen LogP contribution in [-0.2, 0) is 5.41 Å². The number of amides is 1. The minimum atomic E-state index is -0.545. The number of nitrogens with one attached hydrogen (secondary N) is 2. The van der Waals surface area contributed by atoms with Gasteiger partial charge in [-0.1, -0.05) is 26.8 Å². The van der Waals surface area contributed by atoms with Crippen LogP contribution >= 0.6 is 0 Å². The van der Waals surface area contributed by atoms with Crippen molar-refractivity contribution < 1.29 is 19.0 Å². The Balaban J connectivity index is 1.77. The molecule has 3 rings (SSSR count). The molecule has 5 nitrogen and oxygen atoms in total. The van der Waals surface area contributed by atoms with E-state index in [0.29, 0.717) is 18.0 Å². The van der Waals surface area contributed by atoms with Gasteiger partial charge in [-0.2, -0.15) is 0 Å². The van der Waals surface area contributed by atoms with Gasteiger partial charge in [0.25, 0.3) is 5.91 Å². The zero-order chi connectivity index (χ0) is 18.9. The molecule has 1 amide bonds. The molecular weight excluding hydrogens is 335 g/mol. The molecule has 1 aliphatic heterocycles. The Morgan fingerprint density at radius 3 is 2.73 bits per heavy atom. The van der Waals surface area contributed by atoms with Crippen molar-refractivity contribution in [1.29, 1.82) is 0 Å². The molecule has 1 aliphatic rings. The molecule has 0 bridgehead atoms. The van der Waals surface area contributed by atoms with Crippen molar-refractivity contribution in [2.45, 2.75) is 32.2 Å². The third-order valence-electron chi connectivity index (χ3n) is 4.34. The SMILES string of the molecule is CC(C)(C)c1ccc(C(=O)Nc2ccc3c(c2)OC[C@@H](CO)N3)c(F)c1. The van der Waals surface area contributed by atoms with Crippen LogP contribution in [-0.4, -0.2) is 30.3 Å². The first kappa shape index (κ1) is 18.2. The maximum Gasteiger partial charge on any atom is 0.258 e. The van der Waals surface area contributed by atoms with Crippen molar-refractivity contribution in [1.82, 2.24) is 0 Å². The number of fused-ring (bicyclic) bond motifs is 1. The predicted octanol–water partition coefficient (Wildman–Crippen LogP) is 3.54. The van der Waals surface area contributed by atoms with Crippen molar-refractivity contribution in [2.75, 3.05) is 23.8 Å². The molecule has 0 aliphatic carbocycles. The predicted molar refractivity (Wildman–Crippen MR) is 99.5 cm³/mol. The quantitative estimate of drug-likeness (QED) is 0.785. The van der Waals surface area contributed by atoms with Crippen LogP contribution in [0, 0.1) is 5.82 Å². The summed E-state index contributed by atoms with van der Waals surface area (Å²) in [5.41, 5.74) is 1.89. The van der Waals surface area contributed by atoms with E-state index in [0.717, 1.165) is 11.3 Å². The minimum absolute atomic E-state index is 0.00453. The van der Waals surface area contributed by atoms with Crippen LogP contribution in [0.15, 0.2) is 36.4 Å². The Labute approximate surface area is 152 Å². The van der Waals surface area contributed by atoms with Crippen LogP contribution in [0.1, 0.15) is 36.7 Å². The lowest BCUT2D eigenvalue weighted by Crippen LogP contribution is -2.34. The average Bonchev–Trinajstić information content (AvgIpc) is 2.60. The maximum atomic E-state index is 14.4. The summed E-state index contributed by atoms with van der Waals surface area (Å²) in [7, 11) is 0. The smallest absolute Gasteiger partial charge is 0.258 e. The zero-order valence-electron chi connectivity index (χ0n) is 15.1. The number of aliphatic hydroxyl groups excluding tert-OH is 1. The number of benzene rings is 2. The third-order valence-corrected chi connectivity index (χ3v) is 4.34. The highest BCUT2D eigenvalue weighted by molar-refractivity contribution is 6.04. The van der Waals surface area contributed by atoms with Gasteiger partial charge in [-0.3, -0.25) is 4.79 Å². The summed E-state index contributed by atoms with van der Waals surface area (Å²) < 4.78 is 20.0. The highest BCUT2D eigenvalue weighted by atomic mass is 19.1. The first-order valence-electron chi connectivity index (χ1n) is 8.53. The molecule has 138 valence electrons. The highest BCUT2D eigenvalue weighted by Crippen LogP contribution is 2.32. The van der Waals surface area contributed by atoms with Crippen molar-refractivity contribution in [3.05, 3.63) is 53.3 Å². The molecule has 0 unspecified atom stereocenters. The number of rotatable bonds is 3. The van der Waals surface area contributed by atoms with Crippen LogP contribution < -0.4 is 15.4 Å². The number of carbonyl (C=O) groups is 1. The van der Waals surface area contributed by atoms with Crippen molar-refractivity contribution in [2.24, 2.45) is 0 Å². The van der Waals surface area contributed by atoms with E-state index >= 15 is 0 Å². The number of anilines is 2. The van der Waals surface area contributed by atoms with E-state index in [1.165, 1.54) is 12.1 Å². The lowest BCUT2D eigenvalue weighted by Gasteiger charge is -2.26. The maximum absolute atomic E-state index is 14.4. The second-order valence-electron chi connectivity index (χ2n) is 7.44. The molecule has 2 aromatic rings. The number of hydrogen-bond donors (Lipinski definition) is 3. The van der Waals surface area contributed by atoms with Gasteiger partial charge in [-0.05, 0) is 35.2 Å². The largest absolute Gasteiger partial charge is 0.489 e. The summed E-state index contributed by atoms with van der Waals surface area (Å²) in [6.45, 7) is 6.28. The van der Waals surface area contributed by atoms with Gasteiger partial charge < -0.3 is 20.5 Å². The van der Waals surface area contributed by atoms with Gasteiger partial charge in [0, 0.05) is 11.8 Å². The molecule has 1 heterocycles. The lowest BCUT2D eigenvalue weighted by atomic mass is 9.86. The van der Waals surface area contributed by atoms with E-state index in [9.17, 15) is 14.3 Å². The van der Waals surface area contributed by atoms with Gasteiger partial charge in [0.1, 0.15) is 18.2 Å². The Bertz CT molecular complexity index is 830. The Morgan fingerprint density at radius 2 is 2.08 bits per heavy atom. The van der Waals surface area contributed by atoms with Crippen LogP contribution in [0.4, 0.5) is 15.8 Å². The number of carbonyl (C=O) groups excluding carboxylic acids is 1. The number of hydrogen-bond acceptors (Lipinski definition) is 4. The fourth-order valence-electron chi connectivity index (χ4n) is 2.75. The average molecular weight is 358 g/mol. The van der Waals surface area contributed by atoms with E-state index in [2.05, 4.69) is 10.6 Å². The molecule has 0 fully saturated rings.